The lowest BCUT2D eigenvalue weighted by molar-refractivity contribution is 0.0600. The summed E-state index contributed by atoms with van der Waals surface area (Å²) in [7, 11) is 1.27. The summed E-state index contributed by atoms with van der Waals surface area (Å²) in [4.78, 5) is 15.2. The molecule has 21 heavy (non-hydrogen) atoms. The maximum atomic E-state index is 13.6. The van der Waals surface area contributed by atoms with Crippen LogP contribution in [0.2, 0.25) is 0 Å². The Hall–Kier alpha value is -2.02. The first-order valence-electron chi connectivity index (χ1n) is 5.82. The molecule has 0 N–H and O–H groups in total. The second-order valence-electron chi connectivity index (χ2n) is 4.02. The largest absolute Gasteiger partial charge is 0.483 e. The van der Waals surface area contributed by atoms with Crippen molar-refractivity contribution in [2.45, 2.75) is 6.61 Å². The van der Waals surface area contributed by atoms with E-state index in [0.717, 1.165) is 12.1 Å². The van der Waals surface area contributed by atoms with Crippen LogP contribution < -0.4 is 4.74 Å². The Morgan fingerprint density at radius 2 is 2.10 bits per heavy atom. The van der Waals surface area contributed by atoms with Crippen LogP contribution in [0.4, 0.5) is 8.78 Å². The quantitative estimate of drug-likeness (QED) is 0.786. The number of pyridine rings is 1. The van der Waals surface area contributed by atoms with E-state index in [0.29, 0.717) is 11.3 Å². The van der Waals surface area contributed by atoms with Crippen molar-refractivity contribution in [1.29, 1.82) is 0 Å². The summed E-state index contributed by atoms with van der Waals surface area (Å²) < 4.78 is 36.5. The van der Waals surface area contributed by atoms with E-state index in [1.54, 1.807) is 6.07 Å². The SMILES string of the molecule is COC(=O)c1ccc(COc2c(F)cc(F)cc2Br)nc1. The van der Waals surface area contributed by atoms with Gasteiger partial charge in [0.15, 0.2) is 11.6 Å². The van der Waals surface area contributed by atoms with E-state index in [4.69, 9.17) is 4.74 Å². The Balaban J connectivity index is 2.08. The molecular weight excluding hydrogens is 348 g/mol. The van der Waals surface area contributed by atoms with Gasteiger partial charge in [0.1, 0.15) is 12.4 Å². The zero-order chi connectivity index (χ0) is 15.4. The van der Waals surface area contributed by atoms with Crippen molar-refractivity contribution in [3.8, 4) is 5.75 Å². The van der Waals surface area contributed by atoms with Gasteiger partial charge in [0.25, 0.3) is 0 Å². The molecule has 1 aromatic carbocycles. The van der Waals surface area contributed by atoms with E-state index in [1.807, 2.05) is 0 Å². The van der Waals surface area contributed by atoms with Crippen LogP contribution in [0.15, 0.2) is 34.9 Å². The first-order valence-corrected chi connectivity index (χ1v) is 6.61. The Morgan fingerprint density at radius 1 is 1.33 bits per heavy atom. The number of hydrogen-bond acceptors (Lipinski definition) is 4. The van der Waals surface area contributed by atoms with Crippen LogP contribution in [0.5, 0.6) is 5.75 Å². The van der Waals surface area contributed by atoms with Gasteiger partial charge >= 0.3 is 5.97 Å². The molecular formula is C14H10BrF2NO3. The molecule has 2 rings (SSSR count). The fourth-order valence-corrected chi connectivity index (χ4v) is 2.08. The van der Waals surface area contributed by atoms with E-state index in [-0.39, 0.29) is 16.8 Å². The zero-order valence-corrected chi connectivity index (χ0v) is 12.5. The van der Waals surface area contributed by atoms with Gasteiger partial charge in [-0.2, -0.15) is 0 Å². The highest BCUT2D eigenvalue weighted by Gasteiger charge is 2.12. The second-order valence-corrected chi connectivity index (χ2v) is 4.87. The van der Waals surface area contributed by atoms with Crippen LogP contribution in [0.3, 0.4) is 0 Å². The summed E-state index contributed by atoms with van der Waals surface area (Å²) in [5.74, 6) is -2.11. The zero-order valence-electron chi connectivity index (χ0n) is 10.9. The van der Waals surface area contributed by atoms with Gasteiger partial charge in [0, 0.05) is 12.3 Å². The number of hydrogen-bond donors (Lipinski definition) is 0. The molecule has 0 fully saturated rings. The van der Waals surface area contributed by atoms with Gasteiger partial charge in [0.2, 0.25) is 0 Å². The Bertz CT molecular complexity index is 639. The van der Waals surface area contributed by atoms with Gasteiger partial charge in [-0.1, -0.05) is 0 Å². The van der Waals surface area contributed by atoms with Crippen LogP contribution in [-0.4, -0.2) is 18.1 Å². The van der Waals surface area contributed by atoms with Crippen molar-refractivity contribution >= 4 is 21.9 Å². The summed E-state index contributed by atoms with van der Waals surface area (Å²) in [6, 6.07) is 4.91. The number of rotatable bonds is 4. The third kappa shape index (κ3) is 3.75. The lowest BCUT2D eigenvalue weighted by Gasteiger charge is -2.09. The van der Waals surface area contributed by atoms with Crippen molar-refractivity contribution in [3.63, 3.8) is 0 Å². The van der Waals surface area contributed by atoms with Gasteiger partial charge in [-0.3, -0.25) is 4.98 Å². The summed E-state index contributed by atoms with van der Waals surface area (Å²) in [6.45, 7) is -0.0252. The molecule has 0 saturated heterocycles. The average Bonchev–Trinajstić information content (AvgIpc) is 2.46. The fourth-order valence-electron chi connectivity index (χ4n) is 1.56. The maximum absolute atomic E-state index is 13.6. The van der Waals surface area contributed by atoms with Crippen molar-refractivity contribution in [1.82, 2.24) is 4.98 Å². The highest BCUT2D eigenvalue weighted by Crippen LogP contribution is 2.29. The fraction of sp³-hybridized carbons (Fsp3) is 0.143. The van der Waals surface area contributed by atoms with E-state index in [2.05, 4.69) is 25.7 Å². The minimum absolute atomic E-state index is 0.0252. The third-order valence-electron chi connectivity index (χ3n) is 2.57. The molecule has 0 unspecified atom stereocenters. The van der Waals surface area contributed by atoms with Gasteiger partial charge < -0.3 is 9.47 Å². The Kier molecular flexibility index (Phi) is 4.85. The van der Waals surface area contributed by atoms with Crippen LogP contribution >= 0.6 is 15.9 Å². The average molecular weight is 358 g/mol. The van der Waals surface area contributed by atoms with E-state index in [9.17, 15) is 13.6 Å². The first-order chi connectivity index (χ1) is 10.0. The number of carbonyl (C=O) groups is 1. The minimum atomic E-state index is -0.812. The number of aromatic nitrogens is 1. The van der Waals surface area contributed by atoms with Gasteiger partial charge in [-0.15, -0.1) is 0 Å². The van der Waals surface area contributed by atoms with Crippen LogP contribution in [0.25, 0.3) is 0 Å². The summed E-state index contributed by atoms with van der Waals surface area (Å²) in [6.07, 6.45) is 1.33. The third-order valence-corrected chi connectivity index (χ3v) is 3.16. The minimum Gasteiger partial charge on any atom is -0.483 e. The predicted octanol–water partition coefficient (Wildman–Crippen LogP) is 3.49. The molecule has 4 nitrogen and oxygen atoms in total. The van der Waals surface area contributed by atoms with E-state index in [1.165, 1.54) is 19.4 Å². The number of benzene rings is 1. The summed E-state index contributed by atoms with van der Waals surface area (Å²) in [5, 5.41) is 0. The Labute approximate surface area is 127 Å². The summed E-state index contributed by atoms with van der Waals surface area (Å²) in [5.41, 5.74) is 0.786. The van der Waals surface area contributed by atoms with Crippen LogP contribution in [0, 0.1) is 11.6 Å². The van der Waals surface area contributed by atoms with E-state index >= 15 is 0 Å². The normalized spacial score (nSPS) is 10.3. The van der Waals surface area contributed by atoms with Crippen LogP contribution in [-0.2, 0) is 11.3 Å². The molecule has 0 bridgehead atoms. The number of carbonyl (C=O) groups excluding carboxylic acids is 1. The number of ether oxygens (including phenoxy) is 2. The molecule has 2 aromatic rings. The molecule has 110 valence electrons. The van der Waals surface area contributed by atoms with Crippen molar-refractivity contribution in [2.75, 3.05) is 7.11 Å². The maximum Gasteiger partial charge on any atom is 0.339 e. The number of halogens is 3. The lowest BCUT2D eigenvalue weighted by Crippen LogP contribution is -2.05. The van der Waals surface area contributed by atoms with E-state index < -0.39 is 17.6 Å². The molecule has 0 aliphatic heterocycles. The molecule has 0 aliphatic rings. The number of nitrogens with zero attached hydrogens (tertiary/aromatic N) is 1. The lowest BCUT2D eigenvalue weighted by atomic mass is 10.2. The molecule has 1 heterocycles. The molecule has 0 spiro atoms. The van der Waals surface area contributed by atoms with Crippen LogP contribution in [0.1, 0.15) is 16.1 Å². The molecule has 7 heteroatoms. The highest BCUT2D eigenvalue weighted by atomic mass is 79.9. The molecule has 1 aromatic heterocycles. The van der Waals surface area contributed by atoms with Gasteiger partial charge in [-0.25, -0.2) is 13.6 Å². The molecule has 0 atom stereocenters. The second kappa shape index (κ2) is 6.62. The smallest absolute Gasteiger partial charge is 0.339 e. The van der Waals surface area contributed by atoms with Crippen molar-refractivity contribution in [3.05, 3.63) is 57.8 Å². The molecule has 0 amide bonds. The van der Waals surface area contributed by atoms with Gasteiger partial charge in [0.05, 0.1) is 22.8 Å². The molecule has 0 aliphatic carbocycles. The predicted molar refractivity (Wildman–Crippen MR) is 74.0 cm³/mol. The topological polar surface area (TPSA) is 48.4 Å². The first kappa shape index (κ1) is 15.4. The van der Waals surface area contributed by atoms with Crippen molar-refractivity contribution < 1.29 is 23.0 Å². The standard InChI is InChI=1S/C14H10BrF2NO3/c1-20-14(19)8-2-3-10(18-6-8)7-21-13-11(15)4-9(16)5-12(13)17/h2-6H,7H2,1H3. The Morgan fingerprint density at radius 3 is 2.67 bits per heavy atom. The van der Waals surface area contributed by atoms with Crippen molar-refractivity contribution in [2.24, 2.45) is 0 Å². The number of esters is 1. The van der Waals surface area contributed by atoms with Gasteiger partial charge in [-0.05, 0) is 34.1 Å². The summed E-state index contributed by atoms with van der Waals surface area (Å²) >= 11 is 3.02. The highest BCUT2D eigenvalue weighted by molar-refractivity contribution is 9.10. The molecule has 0 radical (unpaired) electrons. The molecule has 0 saturated carbocycles. The monoisotopic (exact) mass is 357 g/mol. The number of methoxy groups -OCH3 is 1.